The number of hydrogen-bond acceptors (Lipinski definition) is 9. The highest BCUT2D eigenvalue weighted by molar-refractivity contribution is 6.38. The second-order valence-electron chi connectivity index (χ2n) is 16.6. The minimum atomic E-state index is -1.11. The van der Waals surface area contributed by atoms with Crippen LogP contribution in [0, 0.1) is 17.8 Å². The van der Waals surface area contributed by atoms with Crippen LogP contribution in [0.1, 0.15) is 144 Å². The Hall–Kier alpha value is -4.84. The van der Waals surface area contributed by atoms with Crippen molar-refractivity contribution in [3.8, 4) is 0 Å². The lowest BCUT2D eigenvalue weighted by molar-refractivity contribution is -0.144. The van der Waals surface area contributed by atoms with Crippen LogP contribution in [0.3, 0.4) is 0 Å². The summed E-state index contributed by atoms with van der Waals surface area (Å²) in [5.41, 5.74) is 5.98. The molecule has 3 N–H and O–H groups in total. The molecule has 308 valence electrons. The number of carbonyl (C=O) groups excluding carboxylic acids is 8. The monoisotopic (exact) mass is 785 g/mol. The molecular formula is C45H59N3O9. The van der Waals surface area contributed by atoms with Gasteiger partial charge in [-0.2, -0.15) is 0 Å². The number of ether oxygens (including phenoxy) is 1. The van der Waals surface area contributed by atoms with Crippen molar-refractivity contribution in [2.24, 2.45) is 23.5 Å². The normalized spacial score (nSPS) is 18.9. The molecule has 2 aromatic rings. The number of rotatable bonds is 20. The molecule has 2 fully saturated rings. The molecule has 57 heavy (non-hydrogen) atoms. The van der Waals surface area contributed by atoms with Gasteiger partial charge in [0.1, 0.15) is 6.04 Å². The van der Waals surface area contributed by atoms with Crippen LogP contribution in [0.4, 0.5) is 0 Å². The summed E-state index contributed by atoms with van der Waals surface area (Å²) in [7, 11) is 0. The van der Waals surface area contributed by atoms with Crippen LogP contribution in [0.5, 0.6) is 0 Å². The average Bonchev–Trinajstić information content (AvgIpc) is 3.60. The second kappa shape index (κ2) is 20.5. The molecule has 3 amide bonds. The average molecular weight is 786 g/mol. The molecule has 0 radical (unpaired) electrons. The summed E-state index contributed by atoms with van der Waals surface area (Å²) >= 11 is 0. The molecule has 2 aliphatic rings. The highest BCUT2D eigenvalue weighted by atomic mass is 16.5. The Morgan fingerprint density at radius 1 is 0.860 bits per heavy atom. The highest BCUT2D eigenvalue weighted by Crippen LogP contribution is 2.37. The van der Waals surface area contributed by atoms with Gasteiger partial charge in [-0.1, -0.05) is 87.2 Å². The van der Waals surface area contributed by atoms with Crippen molar-refractivity contribution in [3.05, 3.63) is 71.3 Å². The zero-order valence-electron chi connectivity index (χ0n) is 34.1. The Morgan fingerprint density at radius 3 is 2.09 bits per heavy atom. The molecule has 12 nitrogen and oxygen atoms in total. The van der Waals surface area contributed by atoms with Crippen molar-refractivity contribution in [1.82, 2.24) is 10.2 Å². The maximum atomic E-state index is 14.8. The Morgan fingerprint density at radius 2 is 1.49 bits per heavy atom. The van der Waals surface area contributed by atoms with Gasteiger partial charge in [0.25, 0.3) is 0 Å². The van der Waals surface area contributed by atoms with Crippen LogP contribution < -0.4 is 11.1 Å². The van der Waals surface area contributed by atoms with E-state index in [-0.39, 0.29) is 73.4 Å². The van der Waals surface area contributed by atoms with E-state index in [0.29, 0.717) is 17.5 Å². The standard InChI is InChI=1S/C45H59N3O9/c1-6-15-31(42(54)37(50)22-23-40(53)47-41(43(46)55)30-18-11-8-12-19-30)24-39(52)36-25-32(57-45(3,4)5)27-48(36)44(56)35(29-16-9-7-10-17-29)26-38(51)34-21-14-13-20-33(34)28(2)49/h8,11-14,18-21,29,31-32,35-36,41H,6-7,9-10,15-17,22-27H2,1-5H3,(H2,46,55)(H,47,53)/t31?,32-,35+,36+,41+/m1/s1. The van der Waals surface area contributed by atoms with Gasteiger partial charge in [-0.3, -0.25) is 38.4 Å². The largest absolute Gasteiger partial charge is 0.371 e. The molecule has 0 bridgehead atoms. The molecule has 1 aliphatic carbocycles. The number of nitrogens with one attached hydrogen (secondary N) is 1. The Kier molecular flexibility index (Phi) is 16.2. The van der Waals surface area contributed by atoms with Gasteiger partial charge < -0.3 is 20.7 Å². The van der Waals surface area contributed by atoms with Crippen LogP contribution in [-0.4, -0.2) is 75.8 Å². The maximum absolute atomic E-state index is 14.8. The van der Waals surface area contributed by atoms with E-state index in [0.717, 1.165) is 32.1 Å². The van der Waals surface area contributed by atoms with Crippen LogP contribution >= 0.6 is 0 Å². The van der Waals surface area contributed by atoms with Crippen molar-refractivity contribution < 1.29 is 43.1 Å². The van der Waals surface area contributed by atoms with Gasteiger partial charge in [0.2, 0.25) is 23.5 Å². The lowest BCUT2D eigenvalue weighted by atomic mass is 9.76. The summed E-state index contributed by atoms with van der Waals surface area (Å²) in [5.74, 6) is -5.99. The molecule has 0 aromatic heterocycles. The summed E-state index contributed by atoms with van der Waals surface area (Å²) in [6, 6.07) is 13.0. The minimum absolute atomic E-state index is 0.0896. The number of likely N-dealkylation sites (tertiary alicyclic amines) is 1. The number of nitrogens with two attached hydrogens (primary N) is 1. The van der Waals surface area contributed by atoms with Gasteiger partial charge in [-0.15, -0.1) is 0 Å². The number of carbonyl (C=O) groups is 8. The van der Waals surface area contributed by atoms with Gasteiger partial charge in [0.15, 0.2) is 23.1 Å². The zero-order valence-corrected chi connectivity index (χ0v) is 34.1. The first kappa shape index (κ1) is 44.9. The maximum Gasteiger partial charge on any atom is 0.244 e. The molecule has 1 unspecified atom stereocenters. The molecule has 0 spiro atoms. The van der Waals surface area contributed by atoms with E-state index in [2.05, 4.69) is 5.32 Å². The third-order valence-corrected chi connectivity index (χ3v) is 11.0. The fourth-order valence-corrected chi connectivity index (χ4v) is 8.31. The lowest BCUT2D eigenvalue weighted by Crippen LogP contribution is -2.47. The zero-order chi connectivity index (χ0) is 41.9. The van der Waals surface area contributed by atoms with Crippen LogP contribution in [0.15, 0.2) is 54.6 Å². The number of primary amides is 1. The third-order valence-electron chi connectivity index (χ3n) is 11.0. The first-order chi connectivity index (χ1) is 27.0. The highest BCUT2D eigenvalue weighted by Gasteiger charge is 2.46. The first-order valence-corrected chi connectivity index (χ1v) is 20.4. The van der Waals surface area contributed by atoms with Crippen molar-refractivity contribution in [3.63, 3.8) is 0 Å². The third kappa shape index (κ3) is 12.6. The van der Waals surface area contributed by atoms with Crippen LogP contribution in [-0.2, 0) is 33.5 Å². The van der Waals surface area contributed by atoms with Crippen LogP contribution in [0.25, 0.3) is 0 Å². The topological polar surface area (TPSA) is 187 Å². The fraction of sp³-hybridized carbons (Fsp3) is 0.556. The Bertz CT molecular complexity index is 1790. The van der Waals surface area contributed by atoms with Crippen LogP contribution in [0.2, 0.25) is 0 Å². The smallest absolute Gasteiger partial charge is 0.244 e. The van der Waals surface area contributed by atoms with Crippen molar-refractivity contribution in [2.75, 3.05) is 6.54 Å². The number of hydrogen-bond donors (Lipinski definition) is 2. The number of amides is 3. The number of benzene rings is 2. The van der Waals surface area contributed by atoms with Gasteiger partial charge in [-0.25, -0.2) is 0 Å². The van der Waals surface area contributed by atoms with E-state index in [9.17, 15) is 38.4 Å². The van der Waals surface area contributed by atoms with E-state index in [1.54, 1.807) is 54.6 Å². The van der Waals surface area contributed by atoms with E-state index in [1.165, 1.54) is 11.8 Å². The van der Waals surface area contributed by atoms with Gasteiger partial charge in [0, 0.05) is 61.6 Å². The molecule has 1 heterocycles. The van der Waals surface area contributed by atoms with Crippen molar-refractivity contribution in [1.29, 1.82) is 0 Å². The number of Topliss-reactive ketones (excluding diaryl/α,β-unsaturated/α-hetero) is 5. The Balaban J connectivity index is 1.52. The first-order valence-electron chi connectivity index (χ1n) is 20.4. The predicted octanol–water partition coefficient (Wildman–Crippen LogP) is 6.08. The van der Waals surface area contributed by atoms with Gasteiger partial charge >= 0.3 is 0 Å². The number of nitrogens with zero attached hydrogens (tertiary/aromatic N) is 1. The molecule has 12 heteroatoms. The lowest BCUT2D eigenvalue weighted by Gasteiger charge is -2.34. The summed E-state index contributed by atoms with van der Waals surface area (Å²) in [6.07, 6.45) is 3.68. The van der Waals surface area contributed by atoms with E-state index < -0.39 is 65.4 Å². The SMILES string of the molecule is CCCC(CC(=O)[C@@H]1C[C@@H](OC(C)(C)C)CN1C(=O)[C@@H](CC(=O)c1ccccc1C(C)=O)C1CCCCC1)C(=O)C(=O)CCC(=O)N[C@H](C(N)=O)c1ccccc1. The van der Waals surface area contributed by atoms with E-state index >= 15 is 0 Å². The minimum Gasteiger partial charge on any atom is -0.371 e. The summed E-state index contributed by atoms with van der Waals surface area (Å²) < 4.78 is 6.30. The second-order valence-corrected chi connectivity index (χ2v) is 16.6. The molecule has 5 atom stereocenters. The quantitative estimate of drug-likeness (QED) is 0.119. The number of ketones is 5. The predicted molar refractivity (Wildman–Crippen MR) is 214 cm³/mol. The Labute approximate surface area is 336 Å². The fourth-order valence-electron chi connectivity index (χ4n) is 8.31. The van der Waals surface area contributed by atoms with Crippen molar-refractivity contribution >= 4 is 46.6 Å². The summed E-state index contributed by atoms with van der Waals surface area (Å²) in [6.45, 7) is 9.04. The van der Waals surface area contributed by atoms with Crippen molar-refractivity contribution in [2.45, 2.75) is 135 Å². The van der Waals surface area contributed by atoms with Gasteiger partial charge in [-0.05, 0) is 58.4 Å². The summed E-state index contributed by atoms with van der Waals surface area (Å²) in [5, 5.41) is 2.53. The molecule has 1 aliphatic heterocycles. The molecular weight excluding hydrogens is 727 g/mol. The summed E-state index contributed by atoms with van der Waals surface area (Å²) in [4.78, 5) is 109. The van der Waals surface area contributed by atoms with Gasteiger partial charge in [0.05, 0.1) is 17.7 Å². The molecule has 2 aromatic carbocycles. The molecule has 1 saturated heterocycles. The molecule has 4 rings (SSSR count). The van der Waals surface area contributed by atoms with E-state index in [4.69, 9.17) is 10.5 Å². The molecule has 1 saturated carbocycles. The van der Waals surface area contributed by atoms with E-state index in [1.807, 2.05) is 27.7 Å².